The van der Waals surface area contributed by atoms with Crippen LogP contribution in [-0.2, 0) is 16.0 Å². The normalized spacial score (nSPS) is 27.0. The molecule has 0 aliphatic heterocycles. The fourth-order valence-electron chi connectivity index (χ4n) is 3.47. The third-order valence-corrected chi connectivity index (χ3v) is 5.37. The van der Waals surface area contributed by atoms with E-state index in [1.165, 1.54) is 37.0 Å². The van der Waals surface area contributed by atoms with E-state index in [9.17, 15) is 9.59 Å². The maximum atomic E-state index is 12.2. The summed E-state index contributed by atoms with van der Waals surface area (Å²) in [5.41, 5.74) is 0.866. The van der Waals surface area contributed by atoms with Gasteiger partial charge in [0.15, 0.2) is 5.13 Å². The SMILES string of the molecule is O=C(O)CCCc1csc(NC(=O)C2C3CCCCC32)n1. The number of hydrogen-bond acceptors (Lipinski definition) is 4. The van der Waals surface area contributed by atoms with Gasteiger partial charge in [0.2, 0.25) is 5.91 Å². The number of carboxylic acid groups (broad SMARTS) is 1. The van der Waals surface area contributed by atoms with Gasteiger partial charge < -0.3 is 10.4 Å². The smallest absolute Gasteiger partial charge is 0.303 e. The number of carboxylic acids is 1. The van der Waals surface area contributed by atoms with E-state index in [1.54, 1.807) is 0 Å². The molecule has 2 fully saturated rings. The van der Waals surface area contributed by atoms with Crippen LogP contribution in [0.15, 0.2) is 5.38 Å². The molecule has 1 aromatic rings. The summed E-state index contributed by atoms with van der Waals surface area (Å²) < 4.78 is 0. The first-order valence-electron chi connectivity index (χ1n) is 7.62. The zero-order chi connectivity index (χ0) is 14.8. The highest BCUT2D eigenvalue weighted by Crippen LogP contribution is 2.55. The van der Waals surface area contributed by atoms with Crippen LogP contribution in [0.3, 0.4) is 0 Å². The van der Waals surface area contributed by atoms with E-state index >= 15 is 0 Å². The summed E-state index contributed by atoms with van der Waals surface area (Å²) in [7, 11) is 0. The Hall–Kier alpha value is -1.43. The highest BCUT2D eigenvalue weighted by molar-refractivity contribution is 7.13. The third-order valence-electron chi connectivity index (χ3n) is 4.56. The van der Waals surface area contributed by atoms with Gasteiger partial charge >= 0.3 is 5.97 Å². The van der Waals surface area contributed by atoms with Crippen LogP contribution < -0.4 is 5.32 Å². The van der Waals surface area contributed by atoms with Gasteiger partial charge in [-0.15, -0.1) is 11.3 Å². The number of aliphatic carboxylic acids is 1. The maximum Gasteiger partial charge on any atom is 0.303 e. The molecular formula is C15H20N2O3S. The molecule has 1 aromatic heterocycles. The first-order chi connectivity index (χ1) is 10.1. The van der Waals surface area contributed by atoms with Gasteiger partial charge in [-0.05, 0) is 37.5 Å². The van der Waals surface area contributed by atoms with Crippen LogP contribution >= 0.6 is 11.3 Å². The first kappa shape index (κ1) is 14.5. The molecule has 0 radical (unpaired) electrons. The summed E-state index contributed by atoms with van der Waals surface area (Å²) in [6, 6.07) is 0. The molecule has 0 saturated heterocycles. The van der Waals surface area contributed by atoms with Gasteiger partial charge in [0.05, 0.1) is 5.69 Å². The number of thiazole rings is 1. The predicted molar refractivity (Wildman–Crippen MR) is 80.3 cm³/mol. The highest BCUT2D eigenvalue weighted by Gasteiger charge is 2.54. The van der Waals surface area contributed by atoms with Gasteiger partial charge in [-0.25, -0.2) is 4.98 Å². The molecule has 1 heterocycles. The lowest BCUT2D eigenvalue weighted by Crippen LogP contribution is -2.15. The van der Waals surface area contributed by atoms with Crippen molar-refractivity contribution in [3.8, 4) is 0 Å². The molecule has 0 spiro atoms. The Morgan fingerprint density at radius 3 is 2.71 bits per heavy atom. The van der Waals surface area contributed by atoms with E-state index in [2.05, 4.69) is 10.3 Å². The average Bonchev–Trinajstić information content (AvgIpc) is 3.03. The molecule has 2 atom stereocenters. The number of rotatable bonds is 6. The highest BCUT2D eigenvalue weighted by atomic mass is 32.1. The Labute approximate surface area is 127 Å². The third kappa shape index (κ3) is 3.43. The summed E-state index contributed by atoms with van der Waals surface area (Å²) >= 11 is 1.42. The molecule has 114 valence electrons. The van der Waals surface area contributed by atoms with Crippen LogP contribution in [0.2, 0.25) is 0 Å². The number of fused-ring (bicyclic) bond motifs is 1. The molecule has 2 unspecified atom stereocenters. The minimum atomic E-state index is -0.782. The van der Waals surface area contributed by atoms with E-state index in [4.69, 9.17) is 5.11 Å². The molecule has 5 nitrogen and oxygen atoms in total. The lowest BCUT2D eigenvalue weighted by atomic mass is 10.0. The Balaban J connectivity index is 1.48. The Morgan fingerprint density at radius 2 is 2.05 bits per heavy atom. The van der Waals surface area contributed by atoms with Gasteiger partial charge in [-0.2, -0.15) is 0 Å². The molecule has 2 aliphatic rings. The number of hydrogen-bond donors (Lipinski definition) is 2. The van der Waals surface area contributed by atoms with Gasteiger partial charge in [0.1, 0.15) is 0 Å². The Bertz CT molecular complexity index is 531. The van der Waals surface area contributed by atoms with Gasteiger partial charge in [0, 0.05) is 17.7 Å². The number of nitrogens with zero attached hydrogens (tertiary/aromatic N) is 1. The lowest BCUT2D eigenvalue weighted by molar-refractivity contribution is -0.137. The number of aromatic nitrogens is 1. The number of anilines is 1. The molecule has 2 N–H and O–H groups in total. The number of amides is 1. The van der Waals surface area contributed by atoms with Crippen molar-refractivity contribution in [1.29, 1.82) is 0 Å². The van der Waals surface area contributed by atoms with E-state index in [1.807, 2.05) is 5.38 Å². The van der Waals surface area contributed by atoms with E-state index in [-0.39, 0.29) is 18.2 Å². The molecule has 2 aliphatic carbocycles. The topological polar surface area (TPSA) is 79.3 Å². The first-order valence-corrected chi connectivity index (χ1v) is 8.50. The average molecular weight is 308 g/mol. The fourth-order valence-corrected chi connectivity index (χ4v) is 4.22. The van der Waals surface area contributed by atoms with Crippen LogP contribution in [0.4, 0.5) is 5.13 Å². The molecule has 3 rings (SSSR count). The van der Waals surface area contributed by atoms with Crippen molar-refractivity contribution in [3.63, 3.8) is 0 Å². The van der Waals surface area contributed by atoms with Gasteiger partial charge in [0.25, 0.3) is 0 Å². The van der Waals surface area contributed by atoms with E-state index in [0.717, 1.165) is 5.69 Å². The summed E-state index contributed by atoms with van der Waals surface area (Å²) in [5.74, 6) is 0.753. The maximum absolute atomic E-state index is 12.2. The zero-order valence-electron chi connectivity index (χ0n) is 11.9. The lowest BCUT2D eigenvalue weighted by Gasteiger charge is -2.04. The van der Waals surface area contributed by atoms with Crippen molar-refractivity contribution in [1.82, 2.24) is 4.98 Å². The Kier molecular flexibility index (Phi) is 4.24. The van der Waals surface area contributed by atoms with Crippen molar-refractivity contribution in [2.24, 2.45) is 17.8 Å². The van der Waals surface area contributed by atoms with Gasteiger partial charge in [-0.3, -0.25) is 9.59 Å². The van der Waals surface area contributed by atoms with Crippen molar-refractivity contribution in [3.05, 3.63) is 11.1 Å². The van der Waals surface area contributed by atoms with Crippen LogP contribution in [0.25, 0.3) is 0 Å². The molecular weight excluding hydrogens is 288 g/mol. The molecule has 21 heavy (non-hydrogen) atoms. The van der Waals surface area contributed by atoms with Crippen LogP contribution in [0, 0.1) is 17.8 Å². The molecule has 0 bridgehead atoms. The van der Waals surface area contributed by atoms with Crippen molar-refractivity contribution < 1.29 is 14.7 Å². The number of nitrogens with one attached hydrogen (secondary N) is 1. The minimum Gasteiger partial charge on any atom is -0.481 e. The summed E-state index contributed by atoms with van der Waals surface area (Å²) in [5, 5.41) is 14.1. The predicted octanol–water partition coefficient (Wildman–Crippen LogP) is 2.93. The second-order valence-corrected chi connectivity index (χ2v) is 6.88. The second-order valence-electron chi connectivity index (χ2n) is 6.02. The van der Waals surface area contributed by atoms with Crippen molar-refractivity contribution in [2.75, 3.05) is 5.32 Å². The molecule has 1 amide bonds. The zero-order valence-corrected chi connectivity index (χ0v) is 12.7. The second kappa shape index (κ2) is 6.13. The van der Waals surface area contributed by atoms with E-state index in [0.29, 0.717) is 29.8 Å². The molecule has 6 heteroatoms. The largest absolute Gasteiger partial charge is 0.481 e. The fraction of sp³-hybridized carbons (Fsp3) is 0.667. The van der Waals surface area contributed by atoms with Gasteiger partial charge in [-0.1, -0.05) is 12.8 Å². The number of carbonyl (C=O) groups excluding carboxylic acids is 1. The standard InChI is InChI=1S/C15H20N2O3S/c18-12(19)7-3-4-9-8-21-15(16-9)17-14(20)13-10-5-1-2-6-11(10)13/h8,10-11,13H,1-7H2,(H,18,19)(H,16,17,20). The monoisotopic (exact) mass is 308 g/mol. The van der Waals surface area contributed by atoms with Crippen LogP contribution in [-0.4, -0.2) is 22.0 Å². The Morgan fingerprint density at radius 1 is 1.33 bits per heavy atom. The van der Waals surface area contributed by atoms with Crippen molar-refractivity contribution in [2.45, 2.75) is 44.9 Å². The summed E-state index contributed by atoms with van der Waals surface area (Å²) in [6.07, 6.45) is 6.30. The van der Waals surface area contributed by atoms with Crippen LogP contribution in [0.1, 0.15) is 44.2 Å². The van der Waals surface area contributed by atoms with Crippen molar-refractivity contribution >= 4 is 28.3 Å². The number of carbonyl (C=O) groups is 2. The molecule has 2 saturated carbocycles. The summed E-state index contributed by atoms with van der Waals surface area (Å²) in [6.45, 7) is 0. The van der Waals surface area contributed by atoms with Crippen LogP contribution in [0.5, 0.6) is 0 Å². The quantitative estimate of drug-likeness (QED) is 0.847. The molecule has 0 aromatic carbocycles. The number of aryl methyl sites for hydroxylation is 1. The minimum absolute atomic E-state index is 0.123. The summed E-state index contributed by atoms with van der Waals surface area (Å²) in [4.78, 5) is 27.1. The van der Waals surface area contributed by atoms with E-state index < -0.39 is 5.97 Å².